The van der Waals surface area contributed by atoms with Gasteiger partial charge in [0.2, 0.25) is 5.91 Å². The molecular weight excluding hydrogens is 470 g/mol. The standard InChI is InChI=1S/C26H28ClN3O5/c1-15-6-7-16(2)19(12-15)28-23(32)26-11-10-25(5,24(26,3)4)21(14-26)29-35-22(31)17-8-9-18(27)20(13-17)30(33)34/h6-9,12-13H,10-11,14H2,1-5H3,(H,28,32). The van der Waals surface area contributed by atoms with Gasteiger partial charge in [0.15, 0.2) is 0 Å². The van der Waals surface area contributed by atoms with E-state index in [0.717, 1.165) is 29.3 Å². The molecule has 0 spiro atoms. The molecule has 1 N–H and O–H groups in total. The van der Waals surface area contributed by atoms with E-state index in [2.05, 4.69) is 24.3 Å². The zero-order valence-corrected chi connectivity index (χ0v) is 21.2. The molecule has 1 amide bonds. The van der Waals surface area contributed by atoms with Crippen LogP contribution >= 0.6 is 11.6 Å². The van der Waals surface area contributed by atoms with Crippen molar-refractivity contribution in [3.8, 4) is 0 Å². The van der Waals surface area contributed by atoms with Crippen molar-refractivity contribution >= 4 is 40.6 Å². The summed E-state index contributed by atoms with van der Waals surface area (Å²) in [4.78, 5) is 42.0. The zero-order chi connectivity index (χ0) is 25.8. The Morgan fingerprint density at radius 1 is 1.11 bits per heavy atom. The number of oxime groups is 1. The third-order valence-electron chi connectivity index (χ3n) is 8.43. The van der Waals surface area contributed by atoms with Gasteiger partial charge in [-0.15, -0.1) is 0 Å². The van der Waals surface area contributed by atoms with Crippen LogP contribution in [0.3, 0.4) is 0 Å². The van der Waals surface area contributed by atoms with Crippen LogP contribution in [0.2, 0.25) is 5.02 Å². The number of nitro benzene ring substituents is 1. The molecule has 0 radical (unpaired) electrons. The molecule has 2 aromatic rings. The minimum atomic E-state index is -0.824. The third-order valence-corrected chi connectivity index (χ3v) is 8.75. The Hall–Kier alpha value is -3.26. The minimum Gasteiger partial charge on any atom is -0.325 e. The van der Waals surface area contributed by atoms with Crippen LogP contribution in [-0.2, 0) is 9.63 Å². The van der Waals surface area contributed by atoms with Gasteiger partial charge in [-0.25, -0.2) is 4.79 Å². The molecule has 2 aromatic carbocycles. The van der Waals surface area contributed by atoms with Crippen molar-refractivity contribution in [3.05, 3.63) is 68.2 Å². The summed E-state index contributed by atoms with van der Waals surface area (Å²) in [5.41, 5.74) is 1.46. The molecule has 2 bridgehead atoms. The molecule has 2 aliphatic rings. The van der Waals surface area contributed by atoms with Gasteiger partial charge in [0.25, 0.3) is 5.69 Å². The molecule has 4 rings (SSSR count). The number of nitro groups is 1. The number of carbonyl (C=O) groups excluding carboxylic acids is 2. The largest absolute Gasteiger partial charge is 0.365 e. The van der Waals surface area contributed by atoms with E-state index in [-0.39, 0.29) is 22.2 Å². The van der Waals surface area contributed by atoms with Crippen LogP contribution in [0.5, 0.6) is 0 Å². The lowest BCUT2D eigenvalue weighted by molar-refractivity contribution is -0.384. The van der Waals surface area contributed by atoms with Crippen LogP contribution in [0.25, 0.3) is 0 Å². The van der Waals surface area contributed by atoms with Crippen molar-refractivity contribution in [1.29, 1.82) is 0 Å². The number of hydrogen-bond acceptors (Lipinski definition) is 6. The average Bonchev–Trinajstić information content (AvgIpc) is 3.10. The Bertz CT molecular complexity index is 1290. The molecule has 184 valence electrons. The van der Waals surface area contributed by atoms with Gasteiger partial charge in [0.1, 0.15) is 5.02 Å². The van der Waals surface area contributed by atoms with E-state index in [1.807, 2.05) is 39.0 Å². The molecule has 2 aliphatic carbocycles. The Morgan fingerprint density at radius 2 is 1.83 bits per heavy atom. The topological polar surface area (TPSA) is 111 Å². The van der Waals surface area contributed by atoms with Crippen molar-refractivity contribution in [3.63, 3.8) is 0 Å². The summed E-state index contributed by atoms with van der Waals surface area (Å²) < 4.78 is 0. The molecule has 0 saturated heterocycles. The Kier molecular flexibility index (Phi) is 6.00. The number of halogens is 1. The van der Waals surface area contributed by atoms with Crippen molar-refractivity contribution in [2.45, 2.75) is 53.9 Å². The smallest absolute Gasteiger partial charge is 0.325 e. The molecule has 2 atom stereocenters. The van der Waals surface area contributed by atoms with Crippen molar-refractivity contribution in [2.75, 3.05) is 5.32 Å². The van der Waals surface area contributed by atoms with E-state index < -0.39 is 27.1 Å². The Balaban J connectivity index is 1.60. The summed E-state index contributed by atoms with van der Waals surface area (Å²) in [5.74, 6) is -0.889. The monoisotopic (exact) mass is 497 g/mol. The first-order valence-electron chi connectivity index (χ1n) is 11.4. The number of nitrogens with one attached hydrogen (secondary N) is 1. The molecule has 2 fully saturated rings. The van der Waals surface area contributed by atoms with Crippen LogP contribution in [-0.4, -0.2) is 22.5 Å². The second-order valence-corrected chi connectivity index (χ2v) is 10.7. The Labute approximate surface area is 208 Å². The first-order chi connectivity index (χ1) is 16.3. The van der Waals surface area contributed by atoms with Gasteiger partial charge in [0, 0.05) is 23.6 Å². The molecule has 0 aliphatic heterocycles. The van der Waals surface area contributed by atoms with E-state index in [9.17, 15) is 19.7 Å². The number of nitrogens with zero attached hydrogens (tertiary/aromatic N) is 2. The number of hydrogen-bond donors (Lipinski definition) is 1. The van der Waals surface area contributed by atoms with E-state index in [4.69, 9.17) is 16.4 Å². The van der Waals surface area contributed by atoms with E-state index in [1.54, 1.807) is 0 Å². The van der Waals surface area contributed by atoms with Crippen LogP contribution in [0.4, 0.5) is 11.4 Å². The quantitative estimate of drug-likeness (QED) is 0.299. The number of rotatable bonds is 5. The normalized spacial score (nSPS) is 25.5. The second-order valence-electron chi connectivity index (χ2n) is 10.3. The summed E-state index contributed by atoms with van der Waals surface area (Å²) in [7, 11) is 0. The van der Waals surface area contributed by atoms with E-state index in [1.165, 1.54) is 12.1 Å². The highest BCUT2D eigenvalue weighted by Crippen LogP contribution is 2.71. The number of aryl methyl sites for hydroxylation is 2. The van der Waals surface area contributed by atoms with Crippen molar-refractivity contribution in [2.24, 2.45) is 21.4 Å². The van der Waals surface area contributed by atoms with Gasteiger partial charge in [-0.05, 0) is 61.4 Å². The summed E-state index contributed by atoms with van der Waals surface area (Å²) >= 11 is 5.83. The lowest BCUT2D eigenvalue weighted by Gasteiger charge is -2.39. The minimum absolute atomic E-state index is 0.0274. The van der Waals surface area contributed by atoms with Crippen LogP contribution in [0, 0.1) is 40.2 Å². The lowest BCUT2D eigenvalue weighted by atomic mass is 9.64. The van der Waals surface area contributed by atoms with Gasteiger partial charge in [0.05, 0.1) is 21.6 Å². The number of fused-ring (bicyclic) bond motifs is 2. The molecule has 2 saturated carbocycles. The SMILES string of the molecule is Cc1ccc(C)c(NC(=O)C23CCC(C)(C(=NOC(=O)c4ccc(Cl)c([N+](=O)[O-])c4)C2)C3(C)C)c1. The van der Waals surface area contributed by atoms with Gasteiger partial charge in [-0.1, -0.05) is 49.7 Å². The van der Waals surface area contributed by atoms with Gasteiger partial charge in [-0.2, -0.15) is 0 Å². The highest BCUT2D eigenvalue weighted by Gasteiger charge is 2.71. The fourth-order valence-corrected chi connectivity index (χ4v) is 5.75. The maximum atomic E-state index is 13.7. The van der Waals surface area contributed by atoms with E-state index >= 15 is 0 Å². The molecule has 9 heteroatoms. The third kappa shape index (κ3) is 3.80. The summed E-state index contributed by atoms with van der Waals surface area (Å²) in [6, 6.07) is 9.64. The van der Waals surface area contributed by atoms with Crippen LogP contribution < -0.4 is 5.32 Å². The number of carbonyl (C=O) groups is 2. The second kappa shape index (κ2) is 8.45. The first-order valence-corrected chi connectivity index (χ1v) is 11.8. The average molecular weight is 498 g/mol. The van der Waals surface area contributed by atoms with Crippen molar-refractivity contribution < 1.29 is 19.3 Å². The fraction of sp³-hybridized carbons (Fsp3) is 0.423. The van der Waals surface area contributed by atoms with Gasteiger partial charge >= 0.3 is 5.97 Å². The maximum Gasteiger partial charge on any atom is 0.365 e. The lowest BCUT2D eigenvalue weighted by Crippen LogP contribution is -2.43. The van der Waals surface area contributed by atoms with Gasteiger partial charge in [-0.3, -0.25) is 14.9 Å². The fourth-order valence-electron chi connectivity index (χ4n) is 5.56. The summed E-state index contributed by atoms with van der Waals surface area (Å²) in [6.45, 7) is 10.1. The highest BCUT2D eigenvalue weighted by atomic mass is 35.5. The number of anilines is 1. The van der Waals surface area contributed by atoms with Gasteiger partial charge < -0.3 is 10.2 Å². The number of amides is 1. The predicted molar refractivity (Wildman–Crippen MR) is 134 cm³/mol. The van der Waals surface area contributed by atoms with Crippen molar-refractivity contribution in [1.82, 2.24) is 0 Å². The summed E-state index contributed by atoms with van der Waals surface area (Å²) in [6.07, 6.45) is 1.79. The van der Waals surface area contributed by atoms with E-state index in [0.29, 0.717) is 18.6 Å². The van der Waals surface area contributed by atoms with Crippen LogP contribution in [0.1, 0.15) is 61.5 Å². The molecule has 35 heavy (non-hydrogen) atoms. The Morgan fingerprint density at radius 3 is 2.51 bits per heavy atom. The molecule has 0 aromatic heterocycles. The molecule has 2 unspecified atom stereocenters. The molecular formula is C26H28ClN3O5. The predicted octanol–water partition coefficient (Wildman–Crippen LogP) is 6.23. The summed E-state index contributed by atoms with van der Waals surface area (Å²) in [5, 5.41) is 18.4. The molecule has 0 heterocycles. The first kappa shape index (κ1) is 24.9. The maximum absolute atomic E-state index is 13.7. The highest BCUT2D eigenvalue weighted by molar-refractivity contribution is 6.32. The zero-order valence-electron chi connectivity index (χ0n) is 20.4. The molecule has 8 nitrogen and oxygen atoms in total. The van der Waals surface area contributed by atoms with Crippen LogP contribution in [0.15, 0.2) is 41.6 Å². The number of benzene rings is 2.